The van der Waals surface area contributed by atoms with E-state index < -0.39 is 4.92 Å². The molecule has 0 aromatic heterocycles. The van der Waals surface area contributed by atoms with Crippen LogP contribution in [-0.4, -0.2) is 71.9 Å². The number of hydrogen-bond acceptors (Lipinski definition) is 8. The summed E-state index contributed by atoms with van der Waals surface area (Å²) in [6.45, 7) is 4.01. The number of amides is 1. The molecule has 1 saturated heterocycles. The Morgan fingerprint density at radius 3 is 2.24 bits per heavy atom. The molecule has 0 aliphatic carbocycles. The second-order valence-electron chi connectivity index (χ2n) is 10.7. The predicted octanol–water partition coefficient (Wildman–Crippen LogP) is 6.76. The van der Waals surface area contributed by atoms with Gasteiger partial charge in [0.05, 0.1) is 27.7 Å². The van der Waals surface area contributed by atoms with Gasteiger partial charge in [0.1, 0.15) is 12.4 Å². The summed E-state index contributed by atoms with van der Waals surface area (Å²) in [6, 6.07) is 25.4. The van der Waals surface area contributed by atoms with Crippen LogP contribution in [0.1, 0.15) is 16.7 Å². The number of anilines is 3. The number of carbonyl (C=O) groups excluding carboxylic acids is 1. The third-order valence-electron chi connectivity index (χ3n) is 7.68. The van der Waals surface area contributed by atoms with E-state index in [1.54, 1.807) is 24.3 Å². The molecule has 12 heteroatoms. The summed E-state index contributed by atoms with van der Waals surface area (Å²) < 4.78 is 0. The van der Waals surface area contributed by atoms with Gasteiger partial charge in [0.15, 0.2) is 0 Å². The molecule has 0 atom stereocenters. The fourth-order valence-electron chi connectivity index (χ4n) is 5.33. The number of nitro benzene ring substituents is 1. The zero-order valence-electron chi connectivity index (χ0n) is 24.3. The number of amidine groups is 1. The van der Waals surface area contributed by atoms with Gasteiger partial charge in [0, 0.05) is 70.7 Å². The van der Waals surface area contributed by atoms with Gasteiger partial charge in [-0.25, -0.2) is 4.99 Å². The highest BCUT2D eigenvalue weighted by atomic mass is 35.5. The molecule has 1 fully saturated rings. The normalized spacial score (nSPS) is 15.7. The molecule has 4 aromatic rings. The van der Waals surface area contributed by atoms with Gasteiger partial charge in [-0.1, -0.05) is 53.5 Å². The molecule has 228 valence electrons. The van der Waals surface area contributed by atoms with E-state index in [1.165, 1.54) is 18.2 Å². The summed E-state index contributed by atoms with van der Waals surface area (Å²) in [7, 11) is 2.16. The minimum Gasteiger partial charge on any atom is -0.353 e. The maximum Gasteiger partial charge on any atom is 0.270 e. The maximum absolute atomic E-state index is 11.7. The monoisotopic (exact) mass is 641 g/mol. The Kier molecular flexibility index (Phi) is 8.79. The number of fused-ring (bicyclic) bond motifs is 3. The first-order chi connectivity index (χ1) is 21.8. The van der Waals surface area contributed by atoms with Gasteiger partial charge in [-0.15, -0.1) is 0 Å². The molecule has 10 nitrogen and oxygen atoms in total. The number of nitrogens with zero attached hydrogens (tertiary/aromatic N) is 5. The summed E-state index contributed by atoms with van der Waals surface area (Å²) in [5.74, 6) is 0.749. The highest BCUT2D eigenvalue weighted by Crippen LogP contribution is 2.36. The first-order valence-corrected chi connectivity index (χ1v) is 15.1. The van der Waals surface area contributed by atoms with Crippen LogP contribution in [0.15, 0.2) is 94.9 Å². The smallest absolute Gasteiger partial charge is 0.270 e. The molecule has 1 amide bonds. The molecule has 0 saturated carbocycles. The average Bonchev–Trinajstić information content (AvgIpc) is 3.30. The molecular formula is C33H29Cl2N7O3. The zero-order valence-corrected chi connectivity index (χ0v) is 25.8. The van der Waals surface area contributed by atoms with Crippen LogP contribution in [0.2, 0.25) is 10.0 Å². The number of hydrogen-bond donors (Lipinski definition) is 2. The van der Waals surface area contributed by atoms with Crippen LogP contribution in [0.25, 0.3) is 0 Å². The van der Waals surface area contributed by atoms with Gasteiger partial charge in [-0.05, 0) is 49.5 Å². The first-order valence-electron chi connectivity index (χ1n) is 14.3. The van der Waals surface area contributed by atoms with Gasteiger partial charge >= 0.3 is 0 Å². The molecule has 0 bridgehead atoms. The Labute approximate surface area is 270 Å². The standard InChI is InChI=1S/C18H19ClN4.C15H10ClN3O3/c1-22-8-10-23(11-9-22)18-14-4-2-3-5-15(14)20-16-7-6-13(19)12-17(16)21-18;16-12-4-2-1-3-10(12)15-11-7-9(19(21)22)5-6-13(11)18-14(20)8-17-15/h2-7,12,20H,8-11H2,1H3;1-7H,8H2,(H,18,20). The summed E-state index contributed by atoms with van der Waals surface area (Å²) in [4.78, 5) is 36.2. The lowest BCUT2D eigenvalue weighted by Crippen LogP contribution is -2.47. The average molecular weight is 643 g/mol. The van der Waals surface area contributed by atoms with Crippen molar-refractivity contribution in [2.24, 2.45) is 9.98 Å². The van der Waals surface area contributed by atoms with E-state index in [0.717, 1.165) is 54.6 Å². The third-order valence-corrected chi connectivity index (χ3v) is 8.24. The highest BCUT2D eigenvalue weighted by molar-refractivity contribution is 6.36. The quantitative estimate of drug-likeness (QED) is 0.185. The van der Waals surface area contributed by atoms with Crippen LogP contribution in [-0.2, 0) is 4.79 Å². The summed E-state index contributed by atoms with van der Waals surface area (Å²) in [6.07, 6.45) is 0. The van der Waals surface area contributed by atoms with Crippen molar-refractivity contribution in [1.82, 2.24) is 9.80 Å². The van der Waals surface area contributed by atoms with Crippen LogP contribution in [0.5, 0.6) is 0 Å². The third kappa shape index (κ3) is 6.68. The SMILES string of the molecule is CN1CCN(C2=Nc3cc(Cl)ccc3Nc3ccccc32)CC1.O=C1CN=C(c2ccccc2Cl)c2cc([N+](=O)[O-])ccc2N1. The first kappa shape index (κ1) is 30.3. The van der Waals surface area contributed by atoms with Crippen molar-refractivity contribution in [3.63, 3.8) is 0 Å². The Bertz CT molecular complexity index is 1850. The molecule has 3 aliphatic heterocycles. The van der Waals surface area contributed by atoms with E-state index in [9.17, 15) is 14.9 Å². The number of nitrogens with one attached hydrogen (secondary N) is 2. The van der Waals surface area contributed by atoms with E-state index in [-0.39, 0.29) is 18.1 Å². The number of piperazine rings is 1. The maximum atomic E-state index is 11.7. The highest BCUT2D eigenvalue weighted by Gasteiger charge is 2.24. The molecule has 0 unspecified atom stereocenters. The van der Waals surface area contributed by atoms with Crippen molar-refractivity contribution < 1.29 is 9.72 Å². The van der Waals surface area contributed by atoms with Crippen LogP contribution >= 0.6 is 23.2 Å². The van der Waals surface area contributed by atoms with E-state index in [1.807, 2.05) is 24.3 Å². The molecule has 3 aliphatic rings. The largest absolute Gasteiger partial charge is 0.353 e. The molecule has 2 N–H and O–H groups in total. The Morgan fingerprint density at radius 1 is 0.800 bits per heavy atom. The summed E-state index contributed by atoms with van der Waals surface area (Å²) in [5, 5.41) is 18.4. The van der Waals surface area contributed by atoms with Gasteiger partial charge in [0.25, 0.3) is 5.69 Å². The number of likely N-dealkylation sites (N-methyl/N-ethyl adjacent to an activating group) is 1. The zero-order chi connectivity index (χ0) is 31.5. The van der Waals surface area contributed by atoms with E-state index in [0.29, 0.717) is 32.6 Å². The minimum absolute atomic E-state index is 0.0664. The molecule has 45 heavy (non-hydrogen) atoms. The number of benzene rings is 4. The lowest BCUT2D eigenvalue weighted by Gasteiger charge is -2.34. The second-order valence-corrected chi connectivity index (χ2v) is 11.6. The van der Waals surface area contributed by atoms with Crippen LogP contribution < -0.4 is 10.6 Å². The number of para-hydroxylation sites is 1. The van der Waals surface area contributed by atoms with Gasteiger partial charge in [-0.2, -0.15) is 0 Å². The summed E-state index contributed by atoms with van der Waals surface area (Å²) >= 11 is 12.4. The summed E-state index contributed by atoms with van der Waals surface area (Å²) in [5.41, 5.74) is 6.09. The molecule has 0 radical (unpaired) electrons. The van der Waals surface area contributed by atoms with E-state index >= 15 is 0 Å². The fourth-order valence-corrected chi connectivity index (χ4v) is 5.72. The number of carbonyl (C=O) groups is 1. The number of halogens is 2. The Morgan fingerprint density at radius 2 is 1.49 bits per heavy atom. The van der Waals surface area contributed by atoms with Gasteiger partial charge < -0.3 is 20.4 Å². The number of non-ortho nitro benzene ring substituents is 1. The number of aliphatic imine (C=N–C) groups is 2. The topological polar surface area (TPSA) is 115 Å². The van der Waals surface area contributed by atoms with Crippen molar-refractivity contribution in [3.05, 3.63) is 122 Å². The van der Waals surface area contributed by atoms with Crippen LogP contribution in [0.3, 0.4) is 0 Å². The molecule has 0 spiro atoms. The minimum atomic E-state index is -0.489. The molecule has 7 rings (SSSR count). The number of nitro groups is 1. The fraction of sp³-hybridized carbons (Fsp3) is 0.182. The van der Waals surface area contributed by atoms with Crippen molar-refractivity contribution in [3.8, 4) is 0 Å². The lowest BCUT2D eigenvalue weighted by atomic mass is 10.00. The van der Waals surface area contributed by atoms with E-state index in [2.05, 4.69) is 50.7 Å². The van der Waals surface area contributed by atoms with Crippen molar-refractivity contribution in [2.45, 2.75) is 0 Å². The Hall–Kier alpha value is -4.77. The lowest BCUT2D eigenvalue weighted by molar-refractivity contribution is -0.384. The Balaban J connectivity index is 0.000000159. The number of rotatable bonds is 2. The molecular weight excluding hydrogens is 613 g/mol. The van der Waals surface area contributed by atoms with Crippen LogP contribution in [0, 0.1) is 10.1 Å². The molecule has 4 aromatic carbocycles. The van der Waals surface area contributed by atoms with Gasteiger partial charge in [-0.3, -0.25) is 19.9 Å². The van der Waals surface area contributed by atoms with Crippen LogP contribution in [0.4, 0.5) is 28.4 Å². The number of benzodiazepines with no additional fused rings is 1. The predicted molar refractivity (Wildman–Crippen MR) is 180 cm³/mol. The van der Waals surface area contributed by atoms with Crippen molar-refractivity contribution >= 4 is 69.1 Å². The van der Waals surface area contributed by atoms with Crippen molar-refractivity contribution in [2.75, 3.05) is 50.4 Å². The molecule has 3 heterocycles. The van der Waals surface area contributed by atoms with Crippen molar-refractivity contribution in [1.29, 1.82) is 0 Å². The second kappa shape index (κ2) is 13.1. The van der Waals surface area contributed by atoms with Gasteiger partial charge in [0.2, 0.25) is 5.91 Å². The van der Waals surface area contributed by atoms with E-state index in [4.69, 9.17) is 28.2 Å².